The van der Waals surface area contributed by atoms with Crippen LogP contribution in [0.15, 0.2) is 18.2 Å². The normalized spacial score (nSPS) is 10.2. The van der Waals surface area contributed by atoms with Crippen molar-refractivity contribution in [2.24, 2.45) is 5.73 Å². The molecule has 1 rings (SSSR count). The minimum atomic E-state index is 0.356. The molecule has 0 radical (unpaired) electrons. The molecule has 17 heavy (non-hydrogen) atoms. The van der Waals surface area contributed by atoms with E-state index in [1.54, 1.807) is 0 Å². The fourth-order valence-corrected chi connectivity index (χ4v) is 1.58. The Labute approximate surface area is 108 Å². The molecule has 2 N–H and O–H groups in total. The van der Waals surface area contributed by atoms with E-state index in [0.717, 1.165) is 29.9 Å². The predicted octanol–water partition coefficient (Wildman–Crippen LogP) is 2.43. The number of hydrogen-bond acceptors (Lipinski definition) is 3. The van der Waals surface area contributed by atoms with Crippen molar-refractivity contribution in [2.45, 2.75) is 20.3 Å². The molecule has 3 nitrogen and oxygen atoms in total. The zero-order valence-electron chi connectivity index (χ0n) is 10.4. The van der Waals surface area contributed by atoms with Crippen LogP contribution >= 0.6 is 12.2 Å². The second-order valence-electron chi connectivity index (χ2n) is 3.82. The number of thiocarbonyl (C=S) groups is 1. The number of hydrogen-bond donors (Lipinski definition) is 1. The van der Waals surface area contributed by atoms with Crippen molar-refractivity contribution < 1.29 is 9.47 Å². The summed E-state index contributed by atoms with van der Waals surface area (Å²) < 4.78 is 11.0. The van der Waals surface area contributed by atoms with Crippen LogP contribution in [0.1, 0.15) is 24.5 Å². The molecule has 0 atom stereocenters. The highest BCUT2D eigenvalue weighted by molar-refractivity contribution is 7.80. The Morgan fingerprint density at radius 2 is 2.06 bits per heavy atom. The molecule has 0 bridgehead atoms. The molecule has 4 heteroatoms. The molecule has 1 aromatic rings. The Morgan fingerprint density at radius 1 is 1.29 bits per heavy atom. The second kappa shape index (κ2) is 7.25. The lowest BCUT2D eigenvalue weighted by molar-refractivity contribution is 0.101. The largest absolute Gasteiger partial charge is 0.490 e. The van der Waals surface area contributed by atoms with Gasteiger partial charge in [-0.25, -0.2) is 0 Å². The van der Waals surface area contributed by atoms with Gasteiger partial charge in [0.1, 0.15) is 17.3 Å². The Balaban J connectivity index is 2.56. The molecule has 0 spiro atoms. The van der Waals surface area contributed by atoms with Gasteiger partial charge in [-0.05, 0) is 31.0 Å². The van der Waals surface area contributed by atoms with Crippen LogP contribution in [0.3, 0.4) is 0 Å². The number of benzene rings is 1. The summed E-state index contributed by atoms with van der Waals surface area (Å²) in [5, 5.41) is 0. The van der Waals surface area contributed by atoms with Crippen LogP contribution in [0.5, 0.6) is 5.75 Å². The van der Waals surface area contributed by atoms with E-state index in [2.05, 4.69) is 6.92 Å². The summed E-state index contributed by atoms with van der Waals surface area (Å²) in [4.78, 5) is 0.356. The summed E-state index contributed by atoms with van der Waals surface area (Å²) in [5.41, 5.74) is 7.54. The number of aryl methyl sites for hydroxylation is 1. The van der Waals surface area contributed by atoms with E-state index in [-0.39, 0.29) is 0 Å². The van der Waals surface area contributed by atoms with Crippen molar-refractivity contribution >= 4 is 17.2 Å². The maximum atomic E-state index is 5.64. The summed E-state index contributed by atoms with van der Waals surface area (Å²) in [6.45, 7) is 5.94. The van der Waals surface area contributed by atoms with E-state index in [4.69, 9.17) is 27.4 Å². The van der Waals surface area contributed by atoms with Crippen LogP contribution in [0.2, 0.25) is 0 Å². The first-order valence-electron chi connectivity index (χ1n) is 5.76. The molecule has 0 unspecified atom stereocenters. The van der Waals surface area contributed by atoms with Crippen molar-refractivity contribution in [1.82, 2.24) is 0 Å². The average molecular weight is 253 g/mol. The zero-order valence-corrected chi connectivity index (χ0v) is 11.2. The van der Waals surface area contributed by atoms with Crippen molar-refractivity contribution in [2.75, 3.05) is 19.8 Å². The quantitative estimate of drug-likeness (QED) is 0.599. The summed E-state index contributed by atoms with van der Waals surface area (Å²) in [6, 6.07) is 5.79. The Hall–Kier alpha value is -1.13. The van der Waals surface area contributed by atoms with Crippen molar-refractivity contribution in [3.8, 4) is 5.75 Å². The first-order chi connectivity index (χ1) is 8.15. The first-order valence-corrected chi connectivity index (χ1v) is 6.17. The highest BCUT2D eigenvalue weighted by Gasteiger charge is 2.06. The zero-order chi connectivity index (χ0) is 12.7. The number of nitrogens with two attached hydrogens (primary N) is 1. The lowest BCUT2D eigenvalue weighted by Gasteiger charge is -2.11. The molecule has 94 valence electrons. The highest BCUT2D eigenvalue weighted by Crippen LogP contribution is 2.20. The first kappa shape index (κ1) is 13.9. The van der Waals surface area contributed by atoms with Gasteiger partial charge in [-0.1, -0.05) is 25.2 Å². The van der Waals surface area contributed by atoms with E-state index in [0.29, 0.717) is 18.2 Å². The minimum absolute atomic E-state index is 0.356. The molecular formula is C13H19NO2S. The monoisotopic (exact) mass is 253 g/mol. The van der Waals surface area contributed by atoms with E-state index in [1.807, 2.05) is 25.1 Å². The van der Waals surface area contributed by atoms with Gasteiger partial charge in [0.25, 0.3) is 0 Å². The topological polar surface area (TPSA) is 44.5 Å². The smallest absolute Gasteiger partial charge is 0.129 e. The third-order valence-electron chi connectivity index (χ3n) is 2.24. The fourth-order valence-electron chi connectivity index (χ4n) is 1.41. The standard InChI is InChI=1S/C13H19NO2S/c1-3-6-15-7-8-16-12-9-10(2)4-5-11(12)13(14)17/h4-5,9H,3,6-8H2,1-2H3,(H2,14,17). The van der Waals surface area contributed by atoms with Crippen LogP contribution < -0.4 is 10.5 Å². The predicted molar refractivity (Wildman–Crippen MR) is 73.7 cm³/mol. The van der Waals surface area contributed by atoms with Gasteiger partial charge in [-0.2, -0.15) is 0 Å². The lowest BCUT2D eigenvalue weighted by atomic mass is 10.1. The number of rotatable bonds is 7. The van der Waals surface area contributed by atoms with E-state index < -0.39 is 0 Å². The Bertz CT molecular complexity index is 380. The van der Waals surface area contributed by atoms with Gasteiger partial charge in [0.2, 0.25) is 0 Å². The molecule has 0 saturated carbocycles. The lowest BCUT2D eigenvalue weighted by Crippen LogP contribution is -2.14. The summed E-state index contributed by atoms with van der Waals surface area (Å²) in [6.07, 6.45) is 1.02. The van der Waals surface area contributed by atoms with Gasteiger partial charge in [-0.3, -0.25) is 0 Å². The van der Waals surface area contributed by atoms with Crippen LogP contribution in [0, 0.1) is 6.92 Å². The van der Waals surface area contributed by atoms with Gasteiger partial charge < -0.3 is 15.2 Å². The van der Waals surface area contributed by atoms with Crippen LogP contribution in [0.25, 0.3) is 0 Å². The van der Waals surface area contributed by atoms with Crippen molar-refractivity contribution in [3.05, 3.63) is 29.3 Å². The molecule has 0 aliphatic rings. The molecule has 1 aromatic carbocycles. The van der Waals surface area contributed by atoms with Crippen molar-refractivity contribution in [3.63, 3.8) is 0 Å². The molecule has 0 amide bonds. The second-order valence-corrected chi connectivity index (χ2v) is 4.26. The highest BCUT2D eigenvalue weighted by atomic mass is 32.1. The third kappa shape index (κ3) is 4.71. The average Bonchev–Trinajstić information content (AvgIpc) is 2.28. The van der Waals surface area contributed by atoms with Crippen LogP contribution in [-0.2, 0) is 4.74 Å². The molecule has 0 aliphatic carbocycles. The fraction of sp³-hybridized carbons (Fsp3) is 0.462. The van der Waals surface area contributed by atoms with Gasteiger partial charge in [0, 0.05) is 6.61 Å². The molecule has 0 saturated heterocycles. The molecule has 0 fully saturated rings. The van der Waals surface area contributed by atoms with E-state index in [1.165, 1.54) is 0 Å². The van der Waals surface area contributed by atoms with Crippen LogP contribution in [-0.4, -0.2) is 24.8 Å². The Morgan fingerprint density at radius 3 is 2.71 bits per heavy atom. The third-order valence-corrected chi connectivity index (χ3v) is 2.46. The minimum Gasteiger partial charge on any atom is -0.490 e. The summed E-state index contributed by atoms with van der Waals surface area (Å²) in [7, 11) is 0. The summed E-state index contributed by atoms with van der Waals surface area (Å²) >= 11 is 4.98. The molecular weight excluding hydrogens is 234 g/mol. The molecule has 0 aromatic heterocycles. The van der Waals surface area contributed by atoms with E-state index >= 15 is 0 Å². The van der Waals surface area contributed by atoms with Gasteiger partial charge in [-0.15, -0.1) is 0 Å². The SMILES string of the molecule is CCCOCCOc1cc(C)ccc1C(N)=S. The Kier molecular flexibility index (Phi) is 5.94. The van der Waals surface area contributed by atoms with E-state index in [9.17, 15) is 0 Å². The van der Waals surface area contributed by atoms with Crippen molar-refractivity contribution in [1.29, 1.82) is 0 Å². The molecule has 0 heterocycles. The maximum absolute atomic E-state index is 5.64. The maximum Gasteiger partial charge on any atom is 0.129 e. The van der Waals surface area contributed by atoms with Gasteiger partial charge in [0.15, 0.2) is 0 Å². The molecule has 0 aliphatic heterocycles. The van der Waals surface area contributed by atoms with Crippen LogP contribution in [0.4, 0.5) is 0 Å². The number of ether oxygens (including phenoxy) is 2. The van der Waals surface area contributed by atoms with Gasteiger partial charge >= 0.3 is 0 Å². The summed E-state index contributed by atoms with van der Waals surface area (Å²) in [5.74, 6) is 0.734. The van der Waals surface area contributed by atoms with Gasteiger partial charge in [0.05, 0.1) is 12.2 Å².